The summed E-state index contributed by atoms with van der Waals surface area (Å²) in [5.74, 6) is 0.422. The first kappa shape index (κ1) is 12.2. The van der Waals surface area contributed by atoms with Crippen LogP contribution in [-0.4, -0.2) is 18.2 Å². The molecule has 0 aromatic heterocycles. The molecule has 1 aromatic carbocycles. The molecule has 4 heteroatoms. The predicted molar refractivity (Wildman–Crippen MR) is 63.5 cm³/mol. The van der Waals surface area contributed by atoms with E-state index in [9.17, 15) is 4.79 Å². The average molecular weight is 220 g/mol. The summed E-state index contributed by atoms with van der Waals surface area (Å²) in [5, 5.41) is 3.89. The van der Waals surface area contributed by atoms with Crippen molar-refractivity contribution in [3.63, 3.8) is 0 Å². The molecular formula is C12H16N2O2. The molecule has 0 heterocycles. The third-order valence-electron chi connectivity index (χ3n) is 2.00. The maximum Gasteiger partial charge on any atom is 0.277 e. The Labute approximate surface area is 95.3 Å². The quantitative estimate of drug-likeness (QED) is 0.609. The fraction of sp³-hybridized carbons (Fsp3) is 0.333. The molecule has 0 spiro atoms. The Morgan fingerprint density at radius 2 is 2.06 bits per heavy atom. The molecule has 0 bridgehead atoms. The second kappa shape index (κ2) is 6.61. The molecule has 0 aliphatic heterocycles. The molecule has 1 N–H and O–H groups in total. The molecule has 0 saturated heterocycles. The number of ether oxygens (including phenoxy) is 1. The fourth-order valence-corrected chi connectivity index (χ4v) is 0.935. The van der Waals surface area contributed by atoms with E-state index in [-0.39, 0.29) is 12.5 Å². The summed E-state index contributed by atoms with van der Waals surface area (Å²) in [4.78, 5) is 11.3. The van der Waals surface area contributed by atoms with Gasteiger partial charge in [0.1, 0.15) is 5.75 Å². The Morgan fingerprint density at radius 3 is 2.69 bits per heavy atom. The molecule has 4 nitrogen and oxygen atoms in total. The van der Waals surface area contributed by atoms with Gasteiger partial charge in [-0.05, 0) is 25.5 Å². The van der Waals surface area contributed by atoms with Gasteiger partial charge in [0.2, 0.25) is 0 Å². The summed E-state index contributed by atoms with van der Waals surface area (Å²) in [6.45, 7) is 3.81. The second-order valence-corrected chi connectivity index (χ2v) is 3.34. The van der Waals surface area contributed by atoms with Crippen LogP contribution < -0.4 is 10.2 Å². The van der Waals surface area contributed by atoms with Gasteiger partial charge in [0, 0.05) is 5.71 Å². The van der Waals surface area contributed by atoms with Gasteiger partial charge >= 0.3 is 0 Å². The summed E-state index contributed by atoms with van der Waals surface area (Å²) < 4.78 is 5.25. The second-order valence-electron chi connectivity index (χ2n) is 3.34. The van der Waals surface area contributed by atoms with Crippen molar-refractivity contribution >= 4 is 11.6 Å². The van der Waals surface area contributed by atoms with Crippen molar-refractivity contribution in [2.45, 2.75) is 20.3 Å². The molecule has 0 aliphatic rings. The molecule has 86 valence electrons. The van der Waals surface area contributed by atoms with Crippen LogP contribution in [0.2, 0.25) is 0 Å². The topological polar surface area (TPSA) is 50.7 Å². The van der Waals surface area contributed by atoms with Crippen LogP contribution in [0.5, 0.6) is 5.75 Å². The molecule has 0 radical (unpaired) electrons. The van der Waals surface area contributed by atoms with Gasteiger partial charge in [0.05, 0.1) is 0 Å². The van der Waals surface area contributed by atoms with E-state index in [4.69, 9.17) is 4.74 Å². The number of hydrogen-bond donors (Lipinski definition) is 1. The zero-order valence-corrected chi connectivity index (χ0v) is 9.56. The SMILES string of the molecule is CCC(C)=NNC(=O)COc1ccccc1. The lowest BCUT2D eigenvalue weighted by molar-refractivity contribution is -0.123. The largest absolute Gasteiger partial charge is 0.484 e. The number of amides is 1. The lowest BCUT2D eigenvalue weighted by atomic mass is 10.3. The lowest BCUT2D eigenvalue weighted by Crippen LogP contribution is -2.25. The van der Waals surface area contributed by atoms with Gasteiger partial charge in [-0.25, -0.2) is 5.43 Å². The van der Waals surface area contributed by atoms with Crippen molar-refractivity contribution in [3.8, 4) is 5.75 Å². The minimum absolute atomic E-state index is 0.0233. The molecule has 0 fully saturated rings. The summed E-state index contributed by atoms with van der Waals surface area (Å²) in [6.07, 6.45) is 0.819. The number of hydrazone groups is 1. The highest BCUT2D eigenvalue weighted by atomic mass is 16.5. The van der Waals surface area contributed by atoms with E-state index < -0.39 is 0 Å². The van der Waals surface area contributed by atoms with Crippen LogP contribution in [0.4, 0.5) is 0 Å². The Hall–Kier alpha value is -1.84. The maximum atomic E-state index is 11.3. The van der Waals surface area contributed by atoms with Crippen molar-refractivity contribution in [1.29, 1.82) is 0 Å². The standard InChI is InChI=1S/C12H16N2O2/c1-3-10(2)13-14-12(15)9-16-11-7-5-4-6-8-11/h4-8H,3,9H2,1-2H3,(H,14,15). The first-order valence-corrected chi connectivity index (χ1v) is 5.22. The first-order chi connectivity index (χ1) is 7.72. The van der Waals surface area contributed by atoms with Crippen molar-refractivity contribution in [2.75, 3.05) is 6.61 Å². The van der Waals surface area contributed by atoms with E-state index in [1.165, 1.54) is 0 Å². The monoisotopic (exact) mass is 220 g/mol. The van der Waals surface area contributed by atoms with Gasteiger partial charge in [0.15, 0.2) is 6.61 Å². The van der Waals surface area contributed by atoms with Crippen LogP contribution in [0.25, 0.3) is 0 Å². The maximum absolute atomic E-state index is 11.3. The van der Waals surface area contributed by atoms with Gasteiger partial charge in [-0.15, -0.1) is 0 Å². The van der Waals surface area contributed by atoms with E-state index in [2.05, 4.69) is 10.5 Å². The number of nitrogens with zero attached hydrogens (tertiary/aromatic N) is 1. The van der Waals surface area contributed by atoms with E-state index in [0.29, 0.717) is 5.75 Å². The van der Waals surface area contributed by atoms with Gasteiger partial charge < -0.3 is 4.74 Å². The number of para-hydroxylation sites is 1. The van der Waals surface area contributed by atoms with Crippen molar-refractivity contribution in [3.05, 3.63) is 30.3 Å². The minimum atomic E-state index is -0.253. The third-order valence-corrected chi connectivity index (χ3v) is 2.00. The molecule has 0 aliphatic carbocycles. The Kier molecular flexibility index (Phi) is 5.05. The number of benzene rings is 1. The molecule has 1 aromatic rings. The number of nitrogens with one attached hydrogen (secondary N) is 1. The van der Waals surface area contributed by atoms with Gasteiger partial charge in [-0.2, -0.15) is 5.10 Å². The van der Waals surface area contributed by atoms with Gasteiger partial charge in [0.25, 0.3) is 5.91 Å². The molecule has 1 amide bonds. The van der Waals surface area contributed by atoms with Crippen LogP contribution in [-0.2, 0) is 4.79 Å². The number of carbonyl (C=O) groups excluding carboxylic acids is 1. The highest BCUT2D eigenvalue weighted by Gasteiger charge is 2.00. The smallest absolute Gasteiger partial charge is 0.277 e. The summed E-state index contributed by atoms with van der Waals surface area (Å²) >= 11 is 0. The van der Waals surface area contributed by atoms with Crippen LogP contribution in [0.3, 0.4) is 0 Å². The predicted octanol–water partition coefficient (Wildman–Crippen LogP) is 1.97. The Bertz CT molecular complexity index is 361. The Balaban J connectivity index is 2.31. The number of rotatable bonds is 5. The van der Waals surface area contributed by atoms with E-state index in [1.54, 1.807) is 12.1 Å². The zero-order valence-electron chi connectivity index (χ0n) is 9.56. The Morgan fingerprint density at radius 1 is 1.38 bits per heavy atom. The van der Waals surface area contributed by atoms with Crippen LogP contribution in [0.15, 0.2) is 35.4 Å². The first-order valence-electron chi connectivity index (χ1n) is 5.22. The highest BCUT2D eigenvalue weighted by molar-refractivity contribution is 5.84. The molecular weight excluding hydrogens is 204 g/mol. The van der Waals surface area contributed by atoms with E-state index in [1.807, 2.05) is 32.0 Å². The van der Waals surface area contributed by atoms with E-state index in [0.717, 1.165) is 12.1 Å². The molecule has 0 atom stereocenters. The number of carbonyl (C=O) groups is 1. The van der Waals surface area contributed by atoms with Crippen molar-refractivity contribution < 1.29 is 9.53 Å². The minimum Gasteiger partial charge on any atom is -0.484 e. The summed E-state index contributed by atoms with van der Waals surface area (Å²) in [6, 6.07) is 9.20. The van der Waals surface area contributed by atoms with Crippen molar-refractivity contribution in [2.24, 2.45) is 5.10 Å². The zero-order chi connectivity index (χ0) is 11.8. The van der Waals surface area contributed by atoms with Crippen LogP contribution >= 0.6 is 0 Å². The summed E-state index contributed by atoms with van der Waals surface area (Å²) in [7, 11) is 0. The van der Waals surface area contributed by atoms with Gasteiger partial charge in [-0.1, -0.05) is 25.1 Å². The van der Waals surface area contributed by atoms with E-state index >= 15 is 0 Å². The van der Waals surface area contributed by atoms with Crippen molar-refractivity contribution in [1.82, 2.24) is 5.43 Å². The van der Waals surface area contributed by atoms with Gasteiger partial charge in [-0.3, -0.25) is 4.79 Å². The van der Waals surface area contributed by atoms with Crippen LogP contribution in [0, 0.1) is 0 Å². The molecule has 0 unspecified atom stereocenters. The van der Waals surface area contributed by atoms with Crippen LogP contribution in [0.1, 0.15) is 20.3 Å². The molecule has 16 heavy (non-hydrogen) atoms. The lowest BCUT2D eigenvalue weighted by Gasteiger charge is -2.04. The summed E-state index contributed by atoms with van der Waals surface area (Å²) in [5.41, 5.74) is 3.31. The highest BCUT2D eigenvalue weighted by Crippen LogP contribution is 2.07. The fourth-order valence-electron chi connectivity index (χ4n) is 0.935. The number of hydrogen-bond acceptors (Lipinski definition) is 3. The third kappa shape index (κ3) is 4.59. The average Bonchev–Trinajstić information content (AvgIpc) is 2.34. The normalized spacial score (nSPS) is 11.0. The molecule has 0 saturated carbocycles. The molecule has 1 rings (SSSR count).